The number of halogens is 2. The summed E-state index contributed by atoms with van der Waals surface area (Å²) in [5, 5.41) is 4.46. The van der Waals surface area contributed by atoms with Gasteiger partial charge in [-0.1, -0.05) is 12.1 Å². The topological polar surface area (TPSA) is 34.9 Å². The Kier molecular flexibility index (Phi) is 4.59. The Hall–Kier alpha value is -1.98. The molecule has 0 fully saturated rings. The molecule has 1 unspecified atom stereocenters. The van der Waals surface area contributed by atoms with Gasteiger partial charge < -0.3 is 0 Å². The van der Waals surface area contributed by atoms with Gasteiger partial charge in [0.15, 0.2) is 0 Å². The molecule has 23 heavy (non-hydrogen) atoms. The smallest absolute Gasteiger partial charge is 0.123 e. The summed E-state index contributed by atoms with van der Waals surface area (Å²) in [4.78, 5) is 0.763. The molecule has 3 rings (SSSR count). The van der Waals surface area contributed by atoms with E-state index in [1.54, 1.807) is 23.1 Å². The van der Waals surface area contributed by atoms with Crippen LogP contribution in [0.1, 0.15) is 5.69 Å². The number of rotatable bonds is 4. The van der Waals surface area contributed by atoms with E-state index >= 15 is 0 Å². The van der Waals surface area contributed by atoms with Gasteiger partial charge in [0.25, 0.3) is 0 Å². The first-order valence-electron chi connectivity index (χ1n) is 6.93. The van der Waals surface area contributed by atoms with Crippen molar-refractivity contribution in [3.63, 3.8) is 0 Å². The zero-order valence-corrected chi connectivity index (χ0v) is 13.9. The molecule has 3 nitrogen and oxygen atoms in total. The molecule has 0 amide bonds. The first kappa shape index (κ1) is 15.9. The van der Waals surface area contributed by atoms with Gasteiger partial charge in [0, 0.05) is 27.5 Å². The van der Waals surface area contributed by atoms with E-state index in [9.17, 15) is 8.60 Å². The fourth-order valence-electron chi connectivity index (χ4n) is 2.30. The zero-order chi connectivity index (χ0) is 16.4. The number of hydrogen-bond donors (Lipinski definition) is 0. The van der Waals surface area contributed by atoms with Crippen LogP contribution in [0.3, 0.4) is 0 Å². The van der Waals surface area contributed by atoms with Crippen molar-refractivity contribution in [3.8, 4) is 16.9 Å². The molecule has 6 heteroatoms. The summed E-state index contributed by atoms with van der Waals surface area (Å²) in [6.07, 6.45) is 1.64. The summed E-state index contributed by atoms with van der Waals surface area (Å²) < 4.78 is 26.4. The van der Waals surface area contributed by atoms with Crippen molar-refractivity contribution >= 4 is 22.4 Å². The number of alkyl halides is 1. The molecule has 0 spiro atoms. The van der Waals surface area contributed by atoms with Crippen LogP contribution < -0.4 is 0 Å². The van der Waals surface area contributed by atoms with Crippen molar-refractivity contribution in [2.24, 2.45) is 0 Å². The molecule has 118 valence electrons. The molecule has 0 aliphatic rings. The van der Waals surface area contributed by atoms with E-state index in [0.29, 0.717) is 0 Å². The molecule has 0 aliphatic carbocycles. The molecule has 0 aliphatic heterocycles. The van der Waals surface area contributed by atoms with Crippen LogP contribution in [0.15, 0.2) is 59.5 Å². The molecular formula is C17H14ClFN2OS. The van der Waals surface area contributed by atoms with E-state index in [-0.39, 0.29) is 11.7 Å². The van der Waals surface area contributed by atoms with Crippen molar-refractivity contribution in [1.29, 1.82) is 0 Å². The molecule has 0 N–H and O–H groups in total. The van der Waals surface area contributed by atoms with E-state index in [1.807, 2.05) is 30.3 Å². The third-order valence-corrected chi connectivity index (χ3v) is 4.66. The van der Waals surface area contributed by atoms with Crippen LogP contribution in [0.2, 0.25) is 0 Å². The standard InChI is InChI=1S/C17H14ClFN2OS/c1-23(22)16-8-2-12(3-9-16)17-10-14(11-18)20-21(17)15-6-4-13(19)5-7-15/h2-10H,11H2,1H3. The van der Waals surface area contributed by atoms with Crippen LogP contribution in [0.25, 0.3) is 16.9 Å². The highest BCUT2D eigenvalue weighted by molar-refractivity contribution is 7.84. The predicted molar refractivity (Wildman–Crippen MR) is 90.8 cm³/mol. The third-order valence-electron chi connectivity index (χ3n) is 3.45. The highest BCUT2D eigenvalue weighted by Crippen LogP contribution is 2.25. The average molecular weight is 349 g/mol. The fraction of sp³-hybridized carbons (Fsp3) is 0.118. The summed E-state index contributed by atoms with van der Waals surface area (Å²) in [7, 11) is -1.02. The van der Waals surface area contributed by atoms with Gasteiger partial charge in [0.1, 0.15) is 5.82 Å². The van der Waals surface area contributed by atoms with E-state index < -0.39 is 10.8 Å². The molecule has 0 radical (unpaired) electrons. The molecule has 0 saturated heterocycles. The molecule has 1 heterocycles. The Bertz CT molecular complexity index is 844. The quantitative estimate of drug-likeness (QED) is 0.664. The lowest BCUT2D eigenvalue weighted by Crippen LogP contribution is -1.99. The van der Waals surface area contributed by atoms with Crippen molar-refractivity contribution in [3.05, 3.63) is 66.1 Å². The number of benzene rings is 2. The molecule has 2 aromatic carbocycles. The van der Waals surface area contributed by atoms with Crippen LogP contribution in [0, 0.1) is 5.82 Å². The van der Waals surface area contributed by atoms with Gasteiger partial charge in [-0.3, -0.25) is 4.21 Å². The Morgan fingerprint density at radius 3 is 2.35 bits per heavy atom. The molecule has 0 saturated carbocycles. The highest BCUT2D eigenvalue weighted by Gasteiger charge is 2.12. The summed E-state index contributed by atoms with van der Waals surface area (Å²) in [5.74, 6) is -0.00654. The lowest BCUT2D eigenvalue weighted by atomic mass is 10.1. The average Bonchev–Trinajstić information content (AvgIpc) is 3.00. The number of nitrogens with zero attached hydrogens (tertiary/aromatic N) is 2. The minimum atomic E-state index is -1.02. The second kappa shape index (κ2) is 6.64. The molecule has 1 atom stereocenters. The maximum atomic E-state index is 13.1. The van der Waals surface area contributed by atoms with Crippen LogP contribution in [-0.2, 0) is 16.7 Å². The van der Waals surface area contributed by atoms with E-state index in [2.05, 4.69) is 5.10 Å². The summed E-state index contributed by atoms with van der Waals surface area (Å²) >= 11 is 5.90. The van der Waals surface area contributed by atoms with E-state index in [1.165, 1.54) is 12.1 Å². The summed E-state index contributed by atoms with van der Waals surface area (Å²) in [5.41, 5.74) is 3.25. The van der Waals surface area contributed by atoms with E-state index in [0.717, 1.165) is 27.5 Å². The number of aromatic nitrogens is 2. The monoisotopic (exact) mass is 348 g/mol. The Morgan fingerprint density at radius 1 is 1.13 bits per heavy atom. The van der Waals surface area contributed by atoms with Crippen molar-refractivity contribution in [2.45, 2.75) is 10.8 Å². The minimum Gasteiger partial charge on any atom is -0.255 e. The molecule has 0 bridgehead atoms. The van der Waals surface area contributed by atoms with Crippen molar-refractivity contribution in [2.75, 3.05) is 6.26 Å². The first-order chi connectivity index (χ1) is 11.1. The second-order valence-electron chi connectivity index (χ2n) is 5.02. The summed E-state index contributed by atoms with van der Waals surface area (Å²) in [6.45, 7) is 0. The van der Waals surface area contributed by atoms with Gasteiger partial charge >= 0.3 is 0 Å². The van der Waals surface area contributed by atoms with Gasteiger partial charge in [-0.25, -0.2) is 9.07 Å². The van der Waals surface area contributed by atoms with E-state index in [4.69, 9.17) is 11.6 Å². The van der Waals surface area contributed by atoms with Gasteiger partial charge in [0.2, 0.25) is 0 Å². The Labute approximate surface area is 141 Å². The second-order valence-corrected chi connectivity index (χ2v) is 6.67. The van der Waals surface area contributed by atoms with Gasteiger partial charge in [-0.15, -0.1) is 11.6 Å². The van der Waals surface area contributed by atoms with Crippen LogP contribution >= 0.6 is 11.6 Å². The predicted octanol–water partition coefficient (Wildman–Crippen LogP) is 4.15. The highest BCUT2D eigenvalue weighted by atomic mass is 35.5. The van der Waals surface area contributed by atoms with Crippen molar-refractivity contribution in [1.82, 2.24) is 9.78 Å². The molecule has 1 aromatic heterocycles. The minimum absolute atomic E-state index is 0.290. The van der Waals surface area contributed by atoms with Gasteiger partial charge in [-0.2, -0.15) is 5.10 Å². The fourth-order valence-corrected chi connectivity index (χ4v) is 2.95. The Morgan fingerprint density at radius 2 is 1.78 bits per heavy atom. The molecule has 3 aromatic rings. The third kappa shape index (κ3) is 3.35. The maximum Gasteiger partial charge on any atom is 0.123 e. The SMILES string of the molecule is CS(=O)c1ccc(-c2cc(CCl)nn2-c2ccc(F)cc2)cc1. The van der Waals surface area contributed by atoms with Crippen LogP contribution in [0.5, 0.6) is 0 Å². The number of hydrogen-bond acceptors (Lipinski definition) is 2. The summed E-state index contributed by atoms with van der Waals surface area (Å²) in [6, 6.07) is 15.5. The first-order valence-corrected chi connectivity index (χ1v) is 9.02. The lowest BCUT2D eigenvalue weighted by molar-refractivity contribution is 0.627. The van der Waals surface area contributed by atoms with Crippen LogP contribution in [0.4, 0.5) is 4.39 Å². The lowest BCUT2D eigenvalue weighted by Gasteiger charge is -2.08. The maximum absolute atomic E-state index is 13.1. The van der Waals surface area contributed by atoms with Gasteiger partial charge in [-0.05, 0) is 42.5 Å². The largest absolute Gasteiger partial charge is 0.255 e. The van der Waals surface area contributed by atoms with Crippen LogP contribution in [-0.4, -0.2) is 20.2 Å². The Balaban J connectivity index is 2.09. The van der Waals surface area contributed by atoms with Gasteiger partial charge in [0.05, 0.1) is 23.0 Å². The zero-order valence-electron chi connectivity index (χ0n) is 12.4. The van der Waals surface area contributed by atoms with Crippen molar-refractivity contribution < 1.29 is 8.60 Å². The molecular weight excluding hydrogens is 335 g/mol. The normalized spacial score (nSPS) is 12.3.